The molecule has 0 heterocycles. The lowest BCUT2D eigenvalue weighted by Crippen LogP contribution is -2.39. The Morgan fingerprint density at radius 2 is 1.94 bits per heavy atom. The van der Waals surface area contributed by atoms with E-state index in [0.29, 0.717) is 12.6 Å². The molecule has 0 spiro atoms. The highest BCUT2D eigenvalue weighted by molar-refractivity contribution is 5.17. The van der Waals surface area contributed by atoms with Crippen molar-refractivity contribution in [2.24, 2.45) is 5.92 Å². The van der Waals surface area contributed by atoms with E-state index in [1.165, 1.54) is 25.7 Å². The highest BCUT2D eigenvalue weighted by atomic mass is 16.3. The van der Waals surface area contributed by atoms with E-state index in [2.05, 4.69) is 12.2 Å². The zero-order valence-electron chi connectivity index (χ0n) is 10.6. The van der Waals surface area contributed by atoms with Crippen LogP contribution in [0.2, 0.25) is 0 Å². The molecule has 3 atom stereocenters. The van der Waals surface area contributed by atoms with E-state index in [1.807, 2.05) is 30.3 Å². The average Bonchev–Trinajstić information content (AvgIpc) is 2.38. The Morgan fingerprint density at radius 1 is 1.24 bits per heavy atom. The van der Waals surface area contributed by atoms with Gasteiger partial charge in [-0.15, -0.1) is 0 Å². The molecule has 1 saturated carbocycles. The van der Waals surface area contributed by atoms with Crippen molar-refractivity contribution in [1.82, 2.24) is 5.32 Å². The summed E-state index contributed by atoms with van der Waals surface area (Å²) >= 11 is 0. The summed E-state index contributed by atoms with van der Waals surface area (Å²) in [4.78, 5) is 0. The summed E-state index contributed by atoms with van der Waals surface area (Å²) in [5.41, 5.74) is 1.00. The van der Waals surface area contributed by atoms with E-state index in [0.717, 1.165) is 11.5 Å². The third-order valence-electron chi connectivity index (χ3n) is 3.87. The van der Waals surface area contributed by atoms with Crippen LogP contribution in [0, 0.1) is 5.92 Å². The lowest BCUT2D eigenvalue weighted by molar-refractivity contribution is 0.157. The second-order valence-corrected chi connectivity index (χ2v) is 5.20. The van der Waals surface area contributed by atoms with Crippen molar-refractivity contribution in [3.8, 4) is 0 Å². The van der Waals surface area contributed by atoms with Crippen molar-refractivity contribution in [1.29, 1.82) is 0 Å². The zero-order chi connectivity index (χ0) is 12.1. The van der Waals surface area contributed by atoms with Crippen LogP contribution >= 0.6 is 0 Å². The number of aliphatic hydroxyl groups excluding tert-OH is 1. The van der Waals surface area contributed by atoms with Crippen LogP contribution in [0.25, 0.3) is 0 Å². The molecule has 1 aliphatic rings. The first-order chi connectivity index (χ1) is 8.27. The van der Waals surface area contributed by atoms with Crippen LogP contribution in [-0.2, 0) is 0 Å². The molecule has 1 fully saturated rings. The van der Waals surface area contributed by atoms with Gasteiger partial charge in [0.2, 0.25) is 0 Å². The Bertz CT molecular complexity index is 325. The summed E-state index contributed by atoms with van der Waals surface area (Å²) in [5.74, 6) is 0.742. The van der Waals surface area contributed by atoms with Crippen molar-refractivity contribution in [2.45, 2.75) is 44.8 Å². The molecule has 0 amide bonds. The first kappa shape index (κ1) is 12.6. The maximum Gasteiger partial charge on any atom is 0.0914 e. The Hall–Kier alpha value is -0.860. The fraction of sp³-hybridized carbons (Fsp3) is 0.600. The quantitative estimate of drug-likeness (QED) is 0.838. The number of hydrogen-bond donors (Lipinski definition) is 2. The fourth-order valence-electron chi connectivity index (χ4n) is 2.68. The molecule has 0 saturated heterocycles. The lowest BCUT2D eigenvalue weighted by Gasteiger charge is -2.30. The molecule has 0 radical (unpaired) electrons. The number of benzene rings is 1. The monoisotopic (exact) mass is 233 g/mol. The Labute approximate surface area is 104 Å². The van der Waals surface area contributed by atoms with Crippen molar-refractivity contribution >= 4 is 0 Å². The number of aliphatic hydroxyl groups is 1. The number of hydrogen-bond acceptors (Lipinski definition) is 2. The van der Waals surface area contributed by atoms with Gasteiger partial charge in [-0.2, -0.15) is 0 Å². The molecule has 2 rings (SSSR count). The van der Waals surface area contributed by atoms with E-state index in [9.17, 15) is 5.11 Å². The molecular weight excluding hydrogens is 210 g/mol. The SMILES string of the molecule is C[C@@H]1CCCC[C@@H]1NC[C@H](O)c1ccccc1. The van der Waals surface area contributed by atoms with Crippen LogP contribution in [0.5, 0.6) is 0 Å². The van der Waals surface area contributed by atoms with Gasteiger partial charge in [-0.1, -0.05) is 50.1 Å². The summed E-state index contributed by atoms with van der Waals surface area (Å²) in [6.07, 6.45) is 4.87. The molecule has 94 valence electrons. The van der Waals surface area contributed by atoms with E-state index >= 15 is 0 Å². The second-order valence-electron chi connectivity index (χ2n) is 5.20. The van der Waals surface area contributed by atoms with E-state index in [1.54, 1.807) is 0 Å². The minimum atomic E-state index is -0.384. The highest BCUT2D eigenvalue weighted by Gasteiger charge is 2.21. The summed E-state index contributed by atoms with van der Waals surface area (Å²) in [5, 5.41) is 13.6. The minimum absolute atomic E-state index is 0.384. The van der Waals surface area contributed by atoms with Crippen molar-refractivity contribution in [2.75, 3.05) is 6.54 Å². The molecule has 0 bridgehead atoms. The average molecular weight is 233 g/mol. The van der Waals surface area contributed by atoms with Gasteiger partial charge >= 0.3 is 0 Å². The third kappa shape index (κ3) is 3.55. The van der Waals surface area contributed by atoms with E-state index < -0.39 is 0 Å². The predicted molar refractivity (Wildman–Crippen MR) is 70.8 cm³/mol. The first-order valence-electron chi connectivity index (χ1n) is 6.74. The van der Waals surface area contributed by atoms with Gasteiger partial charge in [-0.25, -0.2) is 0 Å². The molecule has 1 aromatic carbocycles. The Morgan fingerprint density at radius 3 is 2.65 bits per heavy atom. The standard InChI is InChI=1S/C15H23NO/c1-12-7-5-6-10-14(12)16-11-15(17)13-8-3-2-4-9-13/h2-4,8-9,12,14-17H,5-7,10-11H2,1H3/t12-,14+,15+/m1/s1. The van der Waals surface area contributed by atoms with Crippen molar-refractivity contribution in [3.05, 3.63) is 35.9 Å². The largest absolute Gasteiger partial charge is 0.387 e. The first-order valence-corrected chi connectivity index (χ1v) is 6.74. The van der Waals surface area contributed by atoms with Crippen LogP contribution in [0.4, 0.5) is 0 Å². The summed E-state index contributed by atoms with van der Waals surface area (Å²) in [6.45, 7) is 2.98. The van der Waals surface area contributed by atoms with Crippen LogP contribution in [0.3, 0.4) is 0 Å². The molecule has 0 aromatic heterocycles. The topological polar surface area (TPSA) is 32.3 Å². The molecule has 2 N–H and O–H groups in total. The number of nitrogens with one attached hydrogen (secondary N) is 1. The number of rotatable bonds is 4. The lowest BCUT2D eigenvalue weighted by atomic mass is 9.86. The van der Waals surface area contributed by atoms with Crippen LogP contribution in [-0.4, -0.2) is 17.7 Å². The predicted octanol–water partition coefficient (Wildman–Crippen LogP) is 2.89. The zero-order valence-corrected chi connectivity index (χ0v) is 10.6. The summed E-state index contributed by atoms with van der Waals surface area (Å²) in [6, 6.07) is 10.5. The third-order valence-corrected chi connectivity index (χ3v) is 3.87. The normalized spacial score (nSPS) is 26.7. The highest BCUT2D eigenvalue weighted by Crippen LogP contribution is 2.24. The maximum absolute atomic E-state index is 10.1. The van der Waals surface area contributed by atoms with Crippen molar-refractivity contribution < 1.29 is 5.11 Å². The second kappa shape index (κ2) is 6.18. The van der Waals surface area contributed by atoms with E-state index in [4.69, 9.17) is 0 Å². The summed E-state index contributed by atoms with van der Waals surface area (Å²) < 4.78 is 0. The van der Waals surface area contributed by atoms with Crippen LogP contribution in [0.1, 0.15) is 44.3 Å². The van der Waals surface area contributed by atoms with Gasteiger partial charge < -0.3 is 10.4 Å². The van der Waals surface area contributed by atoms with Gasteiger partial charge in [0.15, 0.2) is 0 Å². The molecule has 1 aromatic rings. The molecule has 2 heteroatoms. The van der Waals surface area contributed by atoms with E-state index in [-0.39, 0.29) is 6.10 Å². The molecular formula is C15H23NO. The van der Waals surface area contributed by atoms with Gasteiger partial charge in [0.05, 0.1) is 6.10 Å². The Kier molecular flexibility index (Phi) is 4.57. The molecule has 0 unspecified atom stereocenters. The van der Waals surface area contributed by atoms with Crippen molar-refractivity contribution in [3.63, 3.8) is 0 Å². The molecule has 17 heavy (non-hydrogen) atoms. The Balaban J connectivity index is 1.81. The van der Waals surface area contributed by atoms with Crippen LogP contribution in [0.15, 0.2) is 30.3 Å². The molecule has 0 aliphatic heterocycles. The summed E-state index contributed by atoms with van der Waals surface area (Å²) in [7, 11) is 0. The van der Waals surface area contributed by atoms with Gasteiger partial charge in [0, 0.05) is 12.6 Å². The van der Waals surface area contributed by atoms with Gasteiger partial charge in [-0.3, -0.25) is 0 Å². The molecule has 2 nitrogen and oxygen atoms in total. The maximum atomic E-state index is 10.1. The molecule has 1 aliphatic carbocycles. The van der Waals surface area contributed by atoms with Gasteiger partial charge in [-0.05, 0) is 24.3 Å². The smallest absolute Gasteiger partial charge is 0.0914 e. The fourth-order valence-corrected chi connectivity index (χ4v) is 2.68. The minimum Gasteiger partial charge on any atom is -0.387 e. The van der Waals surface area contributed by atoms with Gasteiger partial charge in [0.25, 0.3) is 0 Å². The van der Waals surface area contributed by atoms with Gasteiger partial charge in [0.1, 0.15) is 0 Å². The van der Waals surface area contributed by atoms with Crippen LogP contribution < -0.4 is 5.32 Å².